The summed E-state index contributed by atoms with van der Waals surface area (Å²) in [6.45, 7) is 13.3. The van der Waals surface area contributed by atoms with Crippen LogP contribution in [0.15, 0.2) is 34.9 Å². The van der Waals surface area contributed by atoms with Gasteiger partial charge in [-0.15, -0.1) is 0 Å². The van der Waals surface area contributed by atoms with Crippen molar-refractivity contribution in [3.05, 3.63) is 34.9 Å². The molecule has 0 aromatic heterocycles. The van der Waals surface area contributed by atoms with Crippen molar-refractivity contribution in [3.8, 4) is 0 Å². The first-order valence-corrected chi connectivity index (χ1v) is 13.1. The van der Waals surface area contributed by atoms with Crippen molar-refractivity contribution in [1.82, 2.24) is 0 Å². The van der Waals surface area contributed by atoms with E-state index in [1.165, 1.54) is 16.7 Å². The molecule has 5 heteroatoms. The van der Waals surface area contributed by atoms with Crippen LogP contribution in [0, 0.1) is 0 Å². The molecule has 0 rings (SSSR count). The Balaban J connectivity index is 3.93. The van der Waals surface area contributed by atoms with Crippen molar-refractivity contribution in [2.75, 3.05) is 30.9 Å². The Morgan fingerprint density at radius 2 is 1.44 bits per heavy atom. The van der Waals surface area contributed by atoms with E-state index in [9.17, 15) is 4.57 Å². The third-order valence-electron chi connectivity index (χ3n) is 4.04. The Morgan fingerprint density at radius 1 is 0.889 bits per heavy atom. The predicted octanol–water partition coefficient (Wildman–Crippen LogP) is 7.80. The average Bonchev–Trinajstić information content (AvgIpc) is 2.58. The molecule has 0 saturated carbocycles. The zero-order valence-corrected chi connectivity index (χ0v) is 20.1. The lowest BCUT2D eigenvalue weighted by atomic mass is 10.1. The highest BCUT2D eigenvalue weighted by molar-refractivity contribution is 7.99. The Bertz CT molecular complexity index is 510. The molecule has 0 heterocycles. The lowest BCUT2D eigenvalue weighted by Crippen LogP contribution is -2.01. The second kappa shape index (κ2) is 16.7. The summed E-state index contributed by atoms with van der Waals surface area (Å²) in [5, 5.41) is 0. The van der Waals surface area contributed by atoms with Crippen LogP contribution in [0.25, 0.3) is 0 Å². The van der Waals surface area contributed by atoms with Crippen LogP contribution < -0.4 is 0 Å². The minimum Gasteiger partial charge on any atom is -0.309 e. The van der Waals surface area contributed by atoms with Crippen molar-refractivity contribution >= 4 is 19.4 Å². The lowest BCUT2D eigenvalue weighted by molar-refractivity contribution is 0.220. The van der Waals surface area contributed by atoms with Crippen LogP contribution >= 0.6 is 19.4 Å². The molecule has 27 heavy (non-hydrogen) atoms. The van der Waals surface area contributed by atoms with E-state index in [-0.39, 0.29) is 0 Å². The van der Waals surface area contributed by atoms with Gasteiger partial charge in [-0.3, -0.25) is 4.57 Å². The largest absolute Gasteiger partial charge is 0.330 e. The number of hydrogen-bond donors (Lipinski definition) is 0. The van der Waals surface area contributed by atoms with Gasteiger partial charge in [0.05, 0.1) is 19.4 Å². The van der Waals surface area contributed by atoms with Crippen LogP contribution in [0.3, 0.4) is 0 Å². The van der Waals surface area contributed by atoms with E-state index >= 15 is 0 Å². The van der Waals surface area contributed by atoms with E-state index < -0.39 is 7.60 Å². The first kappa shape index (κ1) is 26.7. The highest BCUT2D eigenvalue weighted by Gasteiger charge is 2.22. The molecule has 0 amide bonds. The summed E-state index contributed by atoms with van der Waals surface area (Å²) in [7, 11) is -2.86. The molecule has 0 fully saturated rings. The molecule has 0 radical (unpaired) electrons. The summed E-state index contributed by atoms with van der Waals surface area (Å²) >= 11 is 1.88. The van der Waals surface area contributed by atoms with Gasteiger partial charge in [-0.2, -0.15) is 11.8 Å². The first-order chi connectivity index (χ1) is 12.8. The normalized spacial score (nSPS) is 13.1. The molecule has 0 aromatic rings. The van der Waals surface area contributed by atoms with Crippen molar-refractivity contribution in [1.29, 1.82) is 0 Å². The van der Waals surface area contributed by atoms with Gasteiger partial charge in [0.15, 0.2) is 0 Å². The fraction of sp³-hybridized carbons (Fsp3) is 0.727. The van der Waals surface area contributed by atoms with Gasteiger partial charge in [-0.05, 0) is 79.4 Å². The van der Waals surface area contributed by atoms with Gasteiger partial charge in [0, 0.05) is 5.75 Å². The molecular weight excluding hydrogens is 375 g/mol. The van der Waals surface area contributed by atoms with Crippen molar-refractivity contribution in [2.45, 2.75) is 73.6 Å². The van der Waals surface area contributed by atoms with Crippen LogP contribution in [-0.2, 0) is 13.6 Å². The Morgan fingerprint density at radius 3 is 2.00 bits per heavy atom. The Hall–Kier alpha value is -0.280. The lowest BCUT2D eigenvalue weighted by Gasteiger charge is -2.16. The molecule has 0 aromatic carbocycles. The van der Waals surface area contributed by atoms with Crippen LogP contribution in [0.5, 0.6) is 0 Å². The number of allylic oxidation sites excluding steroid dienone is 5. The third-order valence-corrected chi connectivity index (χ3v) is 7.19. The average molecular weight is 417 g/mol. The van der Waals surface area contributed by atoms with E-state index in [0.29, 0.717) is 19.4 Å². The van der Waals surface area contributed by atoms with E-state index in [1.807, 2.05) is 25.6 Å². The van der Waals surface area contributed by atoms with Crippen molar-refractivity contribution in [2.24, 2.45) is 0 Å². The molecule has 0 aliphatic heterocycles. The molecule has 0 aliphatic carbocycles. The maximum atomic E-state index is 12.4. The third kappa shape index (κ3) is 16.4. The first-order valence-electron chi connectivity index (χ1n) is 10.2. The maximum Gasteiger partial charge on any atom is 0.330 e. The summed E-state index contributed by atoms with van der Waals surface area (Å²) in [6, 6.07) is 0. The number of hydrogen-bond acceptors (Lipinski definition) is 4. The molecule has 0 aliphatic rings. The molecule has 0 spiro atoms. The van der Waals surface area contributed by atoms with E-state index in [4.69, 9.17) is 9.05 Å². The monoisotopic (exact) mass is 416 g/mol. The van der Waals surface area contributed by atoms with Crippen LogP contribution in [0.1, 0.15) is 73.6 Å². The molecule has 3 nitrogen and oxygen atoms in total. The predicted molar refractivity (Wildman–Crippen MR) is 123 cm³/mol. The minimum atomic E-state index is -2.86. The highest BCUT2D eigenvalue weighted by atomic mass is 32.2. The topological polar surface area (TPSA) is 35.5 Å². The summed E-state index contributed by atoms with van der Waals surface area (Å²) in [5.41, 5.74) is 4.34. The molecule has 0 atom stereocenters. The fourth-order valence-electron chi connectivity index (χ4n) is 2.54. The Labute approximate surface area is 172 Å². The number of rotatable bonds is 16. The zero-order chi connectivity index (χ0) is 20.5. The maximum absolute atomic E-state index is 12.4. The van der Waals surface area contributed by atoms with E-state index in [1.54, 1.807) is 0 Å². The molecule has 0 saturated heterocycles. The molecule has 158 valence electrons. The van der Waals surface area contributed by atoms with E-state index in [2.05, 4.69) is 45.9 Å². The quantitative estimate of drug-likeness (QED) is 0.146. The van der Waals surface area contributed by atoms with Gasteiger partial charge >= 0.3 is 7.60 Å². The van der Waals surface area contributed by atoms with Gasteiger partial charge < -0.3 is 9.05 Å². The molecule has 0 N–H and O–H groups in total. The standard InChI is InChI=1S/C22H41O3PS/c1-7-24-26(23,25-8-2)17-11-18-27-19-16-22(6)15-10-14-21(5)13-9-12-20(3)4/h12,14,16H,7-11,13,15,17-19H2,1-6H3/b21-14+,22-16+. The minimum absolute atomic E-state index is 0.440. The number of thioether (sulfide) groups is 1. The van der Waals surface area contributed by atoms with Crippen LogP contribution in [-0.4, -0.2) is 30.9 Å². The van der Waals surface area contributed by atoms with Gasteiger partial charge in [-0.1, -0.05) is 34.9 Å². The van der Waals surface area contributed by atoms with Crippen LogP contribution in [0.4, 0.5) is 0 Å². The van der Waals surface area contributed by atoms with Crippen molar-refractivity contribution < 1.29 is 13.6 Å². The second-order valence-electron chi connectivity index (χ2n) is 7.06. The molecular formula is C22H41O3PS. The van der Waals surface area contributed by atoms with Gasteiger partial charge in [0.1, 0.15) is 0 Å². The SMILES string of the molecule is CCOP(=O)(CCCSC/C=C(\C)CC/C=C(\C)CCC=C(C)C)OCC. The summed E-state index contributed by atoms with van der Waals surface area (Å²) in [4.78, 5) is 0. The summed E-state index contributed by atoms with van der Waals surface area (Å²) in [5.74, 6) is 2.00. The molecule has 0 unspecified atom stereocenters. The van der Waals surface area contributed by atoms with Gasteiger partial charge in [0.25, 0.3) is 0 Å². The summed E-state index contributed by atoms with van der Waals surface area (Å²) < 4.78 is 23.0. The molecule has 0 bridgehead atoms. The van der Waals surface area contributed by atoms with Gasteiger partial charge in [-0.25, -0.2) is 0 Å². The summed E-state index contributed by atoms with van der Waals surface area (Å²) in [6.07, 6.45) is 13.0. The zero-order valence-electron chi connectivity index (χ0n) is 18.4. The van der Waals surface area contributed by atoms with Crippen molar-refractivity contribution in [3.63, 3.8) is 0 Å². The van der Waals surface area contributed by atoms with Crippen LogP contribution in [0.2, 0.25) is 0 Å². The second-order valence-corrected chi connectivity index (χ2v) is 10.4. The van der Waals surface area contributed by atoms with Gasteiger partial charge in [0.2, 0.25) is 0 Å². The fourth-order valence-corrected chi connectivity index (χ4v) is 5.34. The smallest absolute Gasteiger partial charge is 0.309 e. The Kier molecular flexibility index (Phi) is 16.5. The van der Waals surface area contributed by atoms with E-state index in [0.717, 1.165) is 43.6 Å². The highest BCUT2D eigenvalue weighted by Crippen LogP contribution is 2.48.